The van der Waals surface area contributed by atoms with Gasteiger partial charge in [0.2, 0.25) is 10.0 Å². The fourth-order valence-corrected chi connectivity index (χ4v) is 4.28. The van der Waals surface area contributed by atoms with E-state index in [0.717, 1.165) is 11.1 Å². The molecule has 0 bridgehead atoms. The van der Waals surface area contributed by atoms with E-state index < -0.39 is 14.9 Å². The Balaban J connectivity index is 2.31. The molecule has 0 fully saturated rings. The van der Waals surface area contributed by atoms with Gasteiger partial charge in [-0.2, -0.15) is 9.41 Å². The van der Waals surface area contributed by atoms with Crippen molar-refractivity contribution in [2.24, 2.45) is 5.10 Å². The monoisotopic (exact) mass is 397 g/mol. The molecule has 0 aliphatic rings. The van der Waals surface area contributed by atoms with Crippen LogP contribution in [0.1, 0.15) is 24.5 Å². The van der Waals surface area contributed by atoms with Crippen LogP contribution in [0.15, 0.2) is 33.6 Å². The number of nitro benzene ring substituents is 1. The molecule has 1 heterocycles. The van der Waals surface area contributed by atoms with Gasteiger partial charge in [0.25, 0.3) is 5.69 Å². The highest BCUT2D eigenvalue weighted by Crippen LogP contribution is 2.29. The fourth-order valence-electron chi connectivity index (χ4n) is 2.24. The summed E-state index contributed by atoms with van der Waals surface area (Å²) in [6.07, 6.45) is 1.44. The van der Waals surface area contributed by atoms with Crippen LogP contribution in [0.4, 0.5) is 11.4 Å². The first-order valence-corrected chi connectivity index (χ1v) is 10.1. The molecule has 0 aliphatic carbocycles. The van der Waals surface area contributed by atoms with Crippen molar-refractivity contribution in [1.82, 2.24) is 9.29 Å². The molecule has 0 spiro atoms. The standard InChI is InChI=1S/C15H19N5O4S2/c1-4-19(5-2)26(23,24)13-6-7-14(15(8-13)20(21)22)18-16-9-12-10-25-11(3)17-12/h6-10,18H,4-5H2,1-3H3/b16-9+. The van der Waals surface area contributed by atoms with Gasteiger partial charge in [0.05, 0.1) is 26.7 Å². The molecule has 11 heteroatoms. The van der Waals surface area contributed by atoms with Gasteiger partial charge in [-0.1, -0.05) is 13.8 Å². The summed E-state index contributed by atoms with van der Waals surface area (Å²) in [6.45, 7) is 5.84. The van der Waals surface area contributed by atoms with E-state index in [0.29, 0.717) is 5.69 Å². The van der Waals surface area contributed by atoms with Crippen LogP contribution < -0.4 is 5.43 Å². The van der Waals surface area contributed by atoms with Crippen molar-refractivity contribution < 1.29 is 13.3 Å². The van der Waals surface area contributed by atoms with Crippen molar-refractivity contribution >= 4 is 38.9 Å². The van der Waals surface area contributed by atoms with Crippen molar-refractivity contribution in [3.8, 4) is 0 Å². The normalized spacial score (nSPS) is 12.0. The Labute approximate surface area is 155 Å². The first-order valence-electron chi connectivity index (χ1n) is 7.79. The number of benzene rings is 1. The molecule has 2 rings (SSSR count). The van der Waals surface area contributed by atoms with E-state index in [1.807, 2.05) is 6.92 Å². The molecule has 0 aliphatic heterocycles. The summed E-state index contributed by atoms with van der Waals surface area (Å²) in [6, 6.07) is 3.70. The topological polar surface area (TPSA) is 118 Å². The number of hydrogen-bond donors (Lipinski definition) is 1. The number of thiazole rings is 1. The second-order valence-corrected chi connectivity index (χ2v) is 8.19. The average Bonchev–Trinajstić information content (AvgIpc) is 3.01. The van der Waals surface area contributed by atoms with Crippen LogP contribution in [0.5, 0.6) is 0 Å². The summed E-state index contributed by atoms with van der Waals surface area (Å²) in [5.74, 6) is 0. The molecule has 9 nitrogen and oxygen atoms in total. The number of aryl methyl sites for hydroxylation is 1. The Kier molecular flexibility index (Phi) is 6.40. The molecule has 0 saturated carbocycles. The molecule has 0 amide bonds. The Hall–Kier alpha value is -2.37. The van der Waals surface area contributed by atoms with Crippen LogP contribution in [0, 0.1) is 17.0 Å². The maximum absolute atomic E-state index is 12.5. The lowest BCUT2D eigenvalue weighted by molar-refractivity contribution is -0.384. The quantitative estimate of drug-likeness (QED) is 0.416. The van der Waals surface area contributed by atoms with Crippen LogP contribution in [-0.4, -0.2) is 41.9 Å². The van der Waals surface area contributed by atoms with Gasteiger partial charge in [-0.3, -0.25) is 15.5 Å². The molecule has 2 aromatic rings. The number of nitro groups is 1. The second-order valence-electron chi connectivity index (χ2n) is 5.19. The molecular weight excluding hydrogens is 378 g/mol. The Morgan fingerprint density at radius 2 is 2.08 bits per heavy atom. The van der Waals surface area contributed by atoms with E-state index in [1.54, 1.807) is 19.2 Å². The number of nitrogens with one attached hydrogen (secondary N) is 1. The van der Waals surface area contributed by atoms with E-state index in [-0.39, 0.29) is 29.4 Å². The van der Waals surface area contributed by atoms with E-state index >= 15 is 0 Å². The van der Waals surface area contributed by atoms with Crippen molar-refractivity contribution in [2.75, 3.05) is 18.5 Å². The first kappa shape index (κ1) is 19.9. The number of hydrogen-bond acceptors (Lipinski definition) is 8. The molecular formula is C15H19N5O4S2. The van der Waals surface area contributed by atoms with Gasteiger partial charge >= 0.3 is 0 Å². The van der Waals surface area contributed by atoms with Crippen molar-refractivity contribution in [2.45, 2.75) is 25.7 Å². The number of sulfonamides is 1. The fraction of sp³-hybridized carbons (Fsp3) is 0.333. The smallest absolute Gasteiger partial charge is 0.272 e. The highest BCUT2D eigenvalue weighted by atomic mass is 32.2. The predicted molar refractivity (Wildman–Crippen MR) is 101 cm³/mol. The number of rotatable bonds is 8. The minimum atomic E-state index is -3.78. The summed E-state index contributed by atoms with van der Waals surface area (Å²) in [4.78, 5) is 14.8. The third-order valence-electron chi connectivity index (χ3n) is 3.53. The van der Waals surface area contributed by atoms with Gasteiger partial charge in [0.1, 0.15) is 5.69 Å². The number of hydrazone groups is 1. The highest BCUT2D eigenvalue weighted by Gasteiger charge is 2.25. The van der Waals surface area contributed by atoms with Gasteiger partial charge in [0.15, 0.2) is 0 Å². The molecule has 0 unspecified atom stereocenters. The summed E-state index contributed by atoms with van der Waals surface area (Å²) in [5.41, 5.74) is 2.92. The van der Waals surface area contributed by atoms with Gasteiger partial charge in [-0.15, -0.1) is 11.3 Å². The van der Waals surface area contributed by atoms with Crippen LogP contribution in [0.3, 0.4) is 0 Å². The van der Waals surface area contributed by atoms with E-state index in [1.165, 1.54) is 34.0 Å². The molecule has 0 atom stereocenters. The lowest BCUT2D eigenvalue weighted by Gasteiger charge is -2.18. The van der Waals surface area contributed by atoms with Gasteiger partial charge in [0, 0.05) is 24.5 Å². The number of anilines is 1. The second kappa shape index (κ2) is 8.34. The summed E-state index contributed by atoms with van der Waals surface area (Å²) < 4.78 is 26.3. The van der Waals surface area contributed by atoms with E-state index in [2.05, 4.69) is 15.5 Å². The SMILES string of the molecule is CCN(CC)S(=O)(=O)c1ccc(N/N=C/c2csc(C)n2)c([N+](=O)[O-])c1. The zero-order valence-corrected chi connectivity index (χ0v) is 16.2. The van der Waals surface area contributed by atoms with Crippen LogP contribution >= 0.6 is 11.3 Å². The molecule has 1 aromatic heterocycles. The summed E-state index contributed by atoms with van der Waals surface area (Å²) >= 11 is 1.46. The molecule has 0 radical (unpaired) electrons. The van der Waals surface area contributed by atoms with Crippen molar-refractivity contribution in [3.63, 3.8) is 0 Å². The highest BCUT2D eigenvalue weighted by molar-refractivity contribution is 7.89. The lowest BCUT2D eigenvalue weighted by atomic mass is 10.3. The zero-order chi connectivity index (χ0) is 19.3. The third-order valence-corrected chi connectivity index (χ3v) is 6.37. The van der Waals surface area contributed by atoms with Crippen molar-refractivity contribution in [3.05, 3.63) is 44.4 Å². The van der Waals surface area contributed by atoms with Gasteiger partial charge in [-0.05, 0) is 19.1 Å². The molecule has 1 N–H and O–H groups in total. The van der Waals surface area contributed by atoms with Crippen molar-refractivity contribution in [1.29, 1.82) is 0 Å². The van der Waals surface area contributed by atoms with Gasteiger partial charge < -0.3 is 0 Å². The Bertz CT molecular complexity index is 920. The van der Waals surface area contributed by atoms with E-state index in [4.69, 9.17) is 0 Å². The molecule has 1 aromatic carbocycles. The van der Waals surface area contributed by atoms with E-state index in [9.17, 15) is 18.5 Å². The number of aromatic nitrogens is 1. The third kappa shape index (κ3) is 4.42. The predicted octanol–water partition coefficient (Wildman–Crippen LogP) is 2.84. The molecule has 26 heavy (non-hydrogen) atoms. The Morgan fingerprint density at radius 3 is 2.62 bits per heavy atom. The minimum absolute atomic E-state index is 0.0942. The number of nitrogens with zero attached hydrogens (tertiary/aromatic N) is 4. The summed E-state index contributed by atoms with van der Waals surface area (Å²) in [5, 5.41) is 18.0. The van der Waals surface area contributed by atoms with Crippen LogP contribution in [0.2, 0.25) is 0 Å². The van der Waals surface area contributed by atoms with Gasteiger partial charge in [-0.25, -0.2) is 13.4 Å². The molecule has 0 saturated heterocycles. The Morgan fingerprint density at radius 1 is 1.38 bits per heavy atom. The lowest BCUT2D eigenvalue weighted by Crippen LogP contribution is -2.30. The first-order chi connectivity index (χ1) is 12.3. The maximum Gasteiger partial charge on any atom is 0.295 e. The average molecular weight is 397 g/mol. The zero-order valence-electron chi connectivity index (χ0n) is 14.5. The largest absolute Gasteiger partial charge is 0.295 e. The van der Waals surface area contributed by atoms with Crippen LogP contribution in [-0.2, 0) is 10.0 Å². The van der Waals surface area contributed by atoms with Crippen LogP contribution in [0.25, 0.3) is 0 Å². The molecule has 140 valence electrons. The summed E-state index contributed by atoms with van der Waals surface area (Å²) in [7, 11) is -3.78. The minimum Gasteiger partial charge on any atom is -0.272 e. The maximum atomic E-state index is 12.5.